The lowest BCUT2D eigenvalue weighted by Crippen LogP contribution is -2.29. The van der Waals surface area contributed by atoms with Crippen molar-refractivity contribution in [2.45, 2.75) is 39.3 Å². The molecule has 1 N–H and O–H groups in total. The summed E-state index contributed by atoms with van der Waals surface area (Å²) >= 11 is 3.50. The molecule has 0 aliphatic rings. The molecule has 2 aromatic rings. The molecule has 0 spiro atoms. The number of aliphatic hydroxyl groups is 1. The summed E-state index contributed by atoms with van der Waals surface area (Å²) in [4.78, 5) is 0. The van der Waals surface area contributed by atoms with Crippen LogP contribution in [0.4, 0.5) is 0 Å². The highest BCUT2D eigenvalue weighted by molar-refractivity contribution is 9.10. The number of halogens is 1. The number of benzene rings is 1. The predicted molar refractivity (Wildman–Crippen MR) is 80.2 cm³/mol. The van der Waals surface area contributed by atoms with Crippen molar-refractivity contribution in [3.05, 3.63) is 51.8 Å². The highest BCUT2D eigenvalue weighted by atomic mass is 79.9. The minimum absolute atomic E-state index is 0.191. The average Bonchev–Trinajstić information content (AvgIpc) is 2.72. The van der Waals surface area contributed by atoms with E-state index >= 15 is 0 Å². The standard InChI is InChI=1S/C15H19BrN2O/c1-10(2)18-14(13(16)9-17-18)15(4,19)12-8-6-5-7-11(12)3/h5-10,19H,1-4H3. The van der Waals surface area contributed by atoms with Crippen molar-refractivity contribution < 1.29 is 5.11 Å². The van der Waals surface area contributed by atoms with Gasteiger partial charge >= 0.3 is 0 Å². The van der Waals surface area contributed by atoms with Crippen LogP contribution in [0, 0.1) is 6.92 Å². The second-order valence-corrected chi connectivity index (χ2v) is 6.12. The lowest BCUT2D eigenvalue weighted by atomic mass is 9.89. The number of nitrogens with zero attached hydrogens (tertiary/aromatic N) is 2. The highest BCUT2D eigenvalue weighted by Crippen LogP contribution is 2.36. The van der Waals surface area contributed by atoms with E-state index in [4.69, 9.17) is 0 Å². The number of aromatic nitrogens is 2. The SMILES string of the molecule is Cc1ccccc1C(C)(O)c1c(Br)cnn1C(C)C. The lowest BCUT2D eigenvalue weighted by Gasteiger charge is -2.28. The smallest absolute Gasteiger partial charge is 0.130 e. The van der Waals surface area contributed by atoms with Gasteiger partial charge in [0.1, 0.15) is 5.60 Å². The van der Waals surface area contributed by atoms with Crippen LogP contribution in [-0.2, 0) is 5.60 Å². The Kier molecular flexibility index (Phi) is 3.83. The molecule has 1 unspecified atom stereocenters. The zero-order chi connectivity index (χ0) is 14.2. The molecule has 0 radical (unpaired) electrons. The fraction of sp³-hybridized carbons (Fsp3) is 0.400. The summed E-state index contributed by atoms with van der Waals surface area (Å²) in [6.45, 7) is 7.93. The first-order valence-corrected chi connectivity index (χ1v) is 7.17. The molecule has 19 heavy (non-hydrogen) atoms. The van der Waals surface area contributed by atoms with Crippen LogP contribution in [0.2, 0.25) is 0 Å². The van der Waals surface area contributed by atoms with Crippen LogP contribution < -0.4 is 0 Å². The van der Waals surface area contributed by atoms with Gasteiger partial charge in [0.15, 0.2) is 0 Å². The van der Waals surface area contributed by atoms with Gasteiger partial charge in [-0.2, -0.15) is 5.10 Å². The Morgan fingerprint density at radius 3 is 2.53 bits per heavy atom. The monoisotopic (exact) mass is 322 g/mol. The van der Waals surface area contributed by atoms with Crippen LogP contribution in [0.25, 0.3) is 0 Å². The fourth-order valence-electron chi connectivity index (χ4n) is 2.43. The quantitative estimate of drug-likeness (QED) is 0.933. The van der Waals surface area contributed by atoms with Crippen LogP contribution in [0.3, 0.4) is 0 Å². The van der Waals surface area contributed by atoms with E-state index in [9.17, 15) is 5.11 Å². The second kappa shape index (κ2) is 5.10. The molecule has 3 nitrogen and oxygen atoms in total. The molecule has 0 bridgehead atoms. The Balaban J connectivity index is 2.63. The Bertz CT molecular complexity index is 588. The maximum absolute atomic E-state index is 11.0. The van der Waals surface area contributed by atoms with Crippen LogP contribution in [0.5, 0.6) is 0 Å². The Labute approximate surface area is 122 Å². The van der Waals surface area contributed by atoms with Crippen LogP contribution in [0.1, 0.15) is 43.6 Å². The van der Waals surface area contributed by atoms with Crippen LogP contribution in [-0.4, -0.2) is 14.9 Å². The Morgan fingerprint density at radius 1 is 1.32 bits per heavy atom. The van der Waals surface area contributed by atoms with Crippen molar-refractivity contribution in [2.75, 3.05) is 0 Å². The second-order valence-electron chi connectivity index (χ2n) is 5.27. The molecule has 1 aromatic carbocycles. The molecule has 0 aliphatic carbocycles. The van der Waals surface area contributed by atoms with Crippen molar-refractivity contribution in [1.29, 1.82) is 0 Å². The summed E-state index contributed by atoms with van der Waals surface area (Å²) in [5.74, 6) is 0. The molecule has 2 rings (SSSR count). The van der Waals surface area contributed by atoms with Crippen molar-refractivity contribution >= 4 is 15.9 Å². The molecule has 1 aromatic heterocycles. The summed E-state index contributed by atoms with van der Waals surface area (Å²) in [6.07, 6.45) is 1.74. The number of aryl methyl sites for hydroxylation is 1. The van der Waals surface area contributed by atoms with Crippen molar-refractivity contribution in [3.63, 3.8) is 0 Å². The number of hydrogen-bond donors (Lipinski definition) is 1. The molecule has 102 valence electrons. The van der Waals surface area contributed by atoms with Gasteiger partial charge in [0.25, 0.3) is 0 Å². The summed E-state index contributed by atoms with van der Waals surface area (Å²) in [5.41, 5.74) is 1.68. The molecule has 0 amide bonds. The van der Waals surface area contributed by atoms with E-state index in [2.05, 4.69) is 34.9 Å². The Hall–Kier alpha value is -1.13. The third kappa shape index (κ3) is 2.47. The molecule has 4 heteroatoms. The van der Waals surface area contributed by atoms with Gasteiger partial charge in [-0.15, -0.1) is 0 Å². The first-order chi connectivity index (χ1) is 8.85. The zero-order valence-electron chi connectivity index (χ0n) is 11.7. The zero-order valence-corrected chi connectivity index (χ0v) is 13.3. The van der Waals surface area contributed by atoms with Gasteiger partial charge in [-0.25, -0.2) is 0 Å². The minimum Gasteiger partial charge on any atom is -0.379 e. The first kappa shape index (κ1) is 14.3. The normalized spacial score (nSPS) is 14.7. The Morgan fingerprint density at radius 2 is 1.95 bits per heavy atom. The lowest BCUT2D eigenvalue weighted by molar-refractivity contribution is 0.0885. The van der Waals surface area contributed by atoms with Crippen molar-refractivity contribution in [1.82, 2.24) is 9.78 Å². The molecule has 0 aliphatic heterocycles. The van der Waals surface area contributed by atoms with Crippen molar-refractivity contribution in [3.8, 4) is 0 Å². The van der Waals surface area contributed by atoms with Gasteiger partial charge in [-0.05, 0) is 54.8 Å². The predicted octanol–water partition coefficient (Wildman–Crippen LogP) is 3.79. The largest absolute Gasteiger partial charge is 0.379 e. The summed E-state index contributed by atoms with van der Waals surface area (Å²) < 4.78 is 2.69. The molecule has 1 heterocycles. The van der Waals surface area contributed by atoms with E-state index in [1.54, 1.807) is 6.20 Å². The van der Waals surface area contributed by atoms with E-state index in [0.717, 1.165) is 21.3 Å². The number of rotatable bonds is 3. The molecule has 0 fully saturated rings. The third-order valence-corrected chi connectivity index (χ3v) is 3.95. The number of hydrogen-bond acceptors (Lipinski definition) is 2. The fourth-order valence-corrected chi connectivity index (χ4v) is 3.09. The van der Waals surface area contributed by atoms with Gasteiger partial charge < -0.3 is 5.11 Å². The van der Waals surface area contributed by atoms with E-state index in [1.807, 2.05) is 42.8 Å². The average molecular weight is 323 g/mol. The molecule has 0 saturated carbocycles. The maximum Gasteiger partial charge on any atom is 0.130 e. The minimum atomic E-state index is -1.08. The highest BCUT2D eigenvalue weighted by Gasteiger charge is 2.33. The molecular weight excluding hydrogens is 304 g/mol. The van der Waals surface area contributed by atoms with E-state index in [1.165, 1.54) is 0 Å². The van der Waals surface area contributed by atoms with E-state index in [0.29, 0.717) is 0 Å². The van der Waals surface area contributed by atoms with Crippen molar-refractivity contribution in [2.24, 2.45) is 0 Å². The van der Waals surface area contributed by atoms with Gasteiger partial charge in [-0.3, -0.25) is 4.68 Å². The van der Waals surface area contributed by atoms with E-state index < -0.39 is 5.60 Å². The maximum atomic E-state index is 11.0. The van der Waals surface area contributed by atoms with Gasteiger partial charge in [0.05, 0.1) is 16.4 Å². The third-order valence-electron chi connectivity index (χ3n) is 3.37. The van der Waals surface area contributed by atoms with E-state index in [-0.39, 0.29) is 6.04 Å². The summed E-state index contributed by atoms with van der Waals surface area (Å²) in [6, 6.07) is 8.08. The van der Waals surface area contributed by atoms with Crippen LogP contribution >= 0.6 is 15.9 Å². The van der Waals surface area contributed by atoms with Gasteiger partial charge in [0, 0.05) is 6.04 Å². The molecular formula is C15H19BrN2O. The summed E-state index contributed by atoms with van der Waals surface area (Å²) in [7, 11) is 0. The van der Waals surface area contributed by atoms with Crippen LogP contribution in [0.15, 0.2) is 34.9 Å². The summed E-state index contributed by atoms with van der Waals surface area (Å²) in [5, 5.41) is 15.4. The van der Waals surface area contributed by atoms with Gasteiger partial charge in [-0.1, -0.05) is 24.3 Å². The molecule has 1 atom stereocenters. The van der Waals surface area contributed by atoms with Gasteiger partial charge in [0.2, 0.25) is 0 Å². The first-order valence-electron chi connectivity index (χ1n) is 6.37. The topological polar surface area (TPSA) is 38.1 Å². The molecule has 0 saturated heterocycles.